The van der Waals surface area contributed by atoms with Gasteiger partial charge in [-0.1, -0.05) is 0 Å². The van der Waals surface area contributed by atoms with E-state index in [1.807, 2.05) is 23.2 Å². The molecule has 1 aliphatic heterocycles. The molecule has 0 amide bonds. The molecule has 15 heavy (non-hydrogen) atoms. The van der Waals surface area contributed by atoms with Gasteiger partial charge >= 0.3 is 0 Å². The molecule has 2 aromatic heterocycles. The highest BCUT2D eigenvalue weighted by atomic mass is 32.2. The summed E-state index contributed by atoms with van der Waals surface area (Å²) in [6.07, 6.45) is 2.27. The largest absolute Gasteiger partial charge is 0.318 e. The second-order valence-corrected chi connectivity index (χ2v) is 5.80. The lowest BCUT2D eigenvalue weighted by molar-refractivity contribution is 0.799. The van der Waals surface area contributed by atoms with E-state index >= 15 is 0 Å². The van der Waals surface area contributed by atoms with Gasteiger partial charge in [-0.25, -0.2) is 4.98 Å². The second kappa shape index (κ2) is 3.64. The van der Waals surface area contributed by atoms with Crippen molar-refractivity contribution < 1.29 is 0 Å². The molecule has 5 heteroatoms. The van der Waals surface area contributed by atoms with Crippen molar-refractivity contribution in [1.82, 2.24) is 9.97 Å². The Morgan fingerprint density at radius 2 is 2.47 bits per heavy atom. The number of fused-ring (bicyclic) bond motifs is 1. The average molecular weight is 238 g/mol. The third-order valence-electron chi connectivity index (χ3n) is 2.58. The number of hydrogen-bond donors (Lipinski definition) is 1. The lowest BCUT2D eigenvalue weighted by atomic mass is 10.2. The van der Waals surface area contributed by atoms with Crippen molar-refractivity contribution in [2.24, 2.45) is 0 Å². The average Bonchev–Trinajstić information content (AvgIpc) is 2.85. The molecule has 1 atom stereocenters. The van der Waals surface area contributed by atoms with Crippen molar-refractivity contribution in [3.05, 3.63) is 27.5 Å². The zero-order valence-corrected chi connectivity index (χ0v) is 9.66. The summed E-state index contributed by atoms with van der Waals surface area (Å²) in [7, 11) is 0. The summed E-state index contributed by atoms with van der Waals surface area (Å²) in [6.45, 7) is 0. The van der Waals surface area contributed by atoms with E-state index in [0.29, 0.717) is 10.9 Å². The highest BCUT2D eigenvalue weighted by molar-refractivity contribution is 7.99. The first kappa shape index (κ1) is 9.42. The quantitative estimate of drug-likeness (QED) is 0.830. The Morgan fingerprint density at radius 1 is 1.53 bits per heavy atom. The van der Waals surface area contributed by atoms with Gasteiger partial charge in [-0.05, 0) is 30.0 Å². The van der Waals surface area contributed by atoms with Crippen LogP contribution in [0.3, 0.4) is 0 Å². The van der Waals surface area contributed by atoms with Crippen molar-refractivity contribution in [2.75, 3.05) is 5.75 Å². The Labute approximate surface area is 94.9 Å². The van der Waals surface area contributed by atoms with Crippen LogP contribution in [0.1, 0.15) is 23.8 Å². The first-order chi connectivity index (χ1) is 7.34. The van der Waals surface area contributed by atoms with Gasteiger partial charge in [0.15, 0.2) is 0 Å². The summed E-state index contributed by atoms with van der Waals surface area (Å²) in [4.78, 5) is 20.1. The van der Waals surface area contributed by atoms with E-state index in [4.69, 9.17) is 0 Å². The van der Waals surface area contributed by atoms with Gasteiger partial charge in [0.1, 0.15) is 10.5 Å². The van der Waals surface area contributed by atoms with Gasteiger partial charge in [-0.15, -0.1) is 11.3 Å². The maximum atomic E-state index is 11.8. The zero-order chi connectivity index (χ0) is 10.3. The van der Waals surface area contributed by atoms with Crippen molar-refractivity contribution in [1.29, 1.82) is 0 Å². The van der Waals surface area contributed by atoms with Crippen LogP contribution in [0.15, 0.2) is 16.2 Å². The fourth-order valence-corrected chi connectivity index (χ4v) is 3.84. The molecule has 2 aromatic rings. The van der Waals surface area contributed by atoms with Gasteiger partial charge in [0, 0.05) is 0 Å². The Bertz CT molecular complexity index is 540. The first-order valence-electron chi connectivity index (χ1n) is 4.93. The van der Waals surface area contributed by atoms with Crippen LogP contribution in [0.5, 0.6) is 0 Å². The number of thioether (sulfide) groups is 1. The molecule has 1 N–H and O–H groups in total. The Kier molecular flexibility index (Phi) is 2.29. The number of H-pyrrole nitrogens is 1. The minimum absolute atomic E-state index is 0.0136. The van der Waals surface area contributed by atoms with E-state index in [1.165, 1.54) is 6.42 Å². The monoisotopic (exact) mass is 238 g/mol. The second-order valence-electron chi connectivity index (χ2n) is 3.59. The van der Waals surface area contributed by atoms with Crippen LogP contribution in [0, 0.1) is 0 Å². The Morgan fingerprint density at radius 3 is 3.27 bits per heavy atom. The van der Waals surface area contributed by atoms with Gasteiger partial charge in [0.2, 0.25) is 0 Å². The van der Waals surface area contributed by atoms with E-state index < -0.39 is 0 Å². The van der Waals surface area contributed by atoms with Crippen molar-refractivity contribution in [3.63, 3.8) is 0 Å². The summed E-state index contributed by atoms with van der Waals surface area (Å²) in [5.41, 5.74) is 1.56. The van der Waals surface area contributed by atoms with Crippen molar-refractivity contribution in [2.45, 2.75) is 18.1 Å². The molecule has 3 nitrogen and oxygen atoms in total. The molecule has 0 radical (unpaired) electrons. The number of thiophene rings is 1. The smallest absolute Gasteiger partial charge is 0.271 e. The molecule has 0 aromatic carbocycles. The van der Waals surface area contributed by atoms with Crippen LogP contribution in [0.2, 0.25) is 0 Å². The van der Waals surface area contributed by atoms with E-state index in [2.05, 4.69) is 9.97 Å². The minimum Gasteiger partial charge on any atom is -0.318 e. The van der Waals surface area contributed by atoms with E-state index in [1.54, 1.807) is 11.3 Å². The SMILES string of the molecule is O=c1[nH]c2ccsc2nc1C1CCCS1. The summed E-state index contributed by atoms with van der Waals surface area (Å²) in [5.74, 6) is 1.15. The predicted molar refractivity (Wildman–Crippen MR) is 64.7 cm³/mol. The molecule has 1 saturated heterocycles. The fourth-order valence-electron chi connectivity index (χ4n) is 1.84. The summed E-state index contributed by atoms with van der Waals surface area (Å²) < 4.78 is 0. The van der Waals surface area contributed by atoms with Crippen LogP contribution in [-0.4, -0.2) is 15.7 Å². The number of rotatable bonds is 1. The number of nitrogens with zero attached hydrogens (tertiary/aromatic N) is 1. The fraction of sp³-hybridized carbons (Fsp3) is 0.400. The normalized spacial score (nSPS) is 21.2. The van der Waals surface area contributed by atoms with E-state index in [9.17, 15) is 4.79 Å². The van der Waals surface area contributed by atoms with Gasteiger partial charge in [0.05, 0.1) is 10.8 Å². The van der Waals surface area contributed by atoms with Gasteiger partial charge in [-0.2, -0.15) is 11.8 Å². The predicted octanol–water partition coefficient (Wildman–Crippen LogP) is 2.55. The highest BCUT2D eigenvalue weighted by Crippen LogP contribution is 2.37. The Hall–Kier alpha value is -0.810. The maximum absolute atomic E-state index is 11.8. The molecular weight excluding hydrogens is 228 g/mol. The van der Waals surface area contributed by atoms with Crippen molar-refractivity contribution in [3.8, 4) is 0 Å². The van der Waals surface area contributed by atoms with Gasteiger partial charge < -0.3 is 4.98 Å². The first-order valence-corrected chi connectivity index (χ1v) is 6.86. The lowest BCUT2D eigenvalue weighted by Crippen LogP contribution is -2.15. The van der Waals surface area contributed by atoms with Crippen LogP contribution in [-0.2, 0) is 0 Å². The maximum Gasteiger partial charge on any atom is 0.271 e. The minimum atomic E-state index is -0.0136. The molecule has 1 unspecified atom stereocenters. The molecule has 0 aliphatic carbocycles. The van der Waals surface area contributed by atoms with Gasteiger partial charge in [-0.3, -0.25) is 4.79 Å². The van der Waals surface area contributed by atoms with Crippen LogP contribution >= 0.6 is 23.1 Å². The molecule has 1 fully saturated rings. The van der Waals surface area contributed by atoms with E-state index in [0.717, 1.165) is 22.5 Å². The molecule has 0 saturated carbocycles. The third kappa shape index (κ3) is 1.59. The highest BCUT2D eigenvalue weighted by Gasteiger charge is 2.22. The molecule has 3 rings (SSSR count). The number of hydrogen-bond acceptors (Lipinski definition) is 4. The Balaban J connectivity index is 2.16. The molecular formula is C10H10N2OS2. The molecule has 0 spiro atoms. The molecule has 0 bridgehead atoms. The van der Waals surface area contributed by atoms with Crippen LogP contribution in [0.25, 0.3) is 10.3 Å². The number of aromatic nitrogens is 2. The van der Waals surface area contributed by atoms with Crippen LogP contribution in [0.4, 0.5) is 0 Å². The van der Waals surface area contributed by atoms with Crippen molar-refractivity contribution >= 4 is 33.4 Å². The van der Waals surface area contributed by atoms with Crippen LogP contribution < -0.4 is 5.56 Å². The summed E-state index contributed by atoms with van der Waals surface area (Å²) >= 11 is 3.42. The topological polar surface area (TPSA) is 45.8 Å². The molecule has 3 heterocycles. The van der Waals surface area contributed by atoms with Gasteiger partial charge in [0.25, 0.3) is 5.56 Å². The standard InChI is InChI=1S/C10H10N2OS2/c13-9-8(7-2-1-4-14-7)12-10-6(11-9)3-5-15-10/h3,5,7H,1-2,4H2,(H,11,13). The lowest BCUT2D eigenvalue weighted by Gasteiger charge is -2.05. The summed E-state index contributed by atoms with van der Waals surface area (Å²) in [6, 6.07) is 1.90. The molecule has 1 aliphatic rings. The summed E-state index contributed by atoms with van der Waals surface area (Å²) in [5, 5.41) is 2.26. The third-order valence-corrected chi connectivity index (χ3v) is 4.77. The number of nitrogens with one attached hydrogen (secondary N) is 1. The number of aromatic amines is 1. The zero-order valence-electron chi connectivity index (χ0n) is 8.03. The molecule has 78 valence electrons. The van der Waals surface area contributed by atoms with E-state index in [-0.39, 0.29) is 5.56 Å².